The van der Waals surface area contributed by atoms with Crippen molar-refractivity contribution in [1.29, 1.82) is 0 Å². The first-order valence-electron chi connectivity index (χ1n) is 34.8. The summed E-state index contributed by atoms with van der Waals surface area (Å²) >= 11 is 0. The van der Waals surface area contributed by atoms with Gasteiger partial charge in [-0.1, -0.05) is 308 Å². The molecule has 6 N–H and O–H groups in total. The van der Waals surface area contributed by atoms with Crippen molar-refractivity contribution >= 4 is 11.9 Å². The fourth-order valence-corrected chi connectivity index (χ4v) is 11.0. The summed E-state index contributed by atoms with van der Waals surface area (Å²) in [5, 5.41) is 57.1. The van der Waals surface area contributed by atoms with Crippen molar-refractivity contribution in [1.82, 2.24) is 5.32 Å². The van der Waals surface area contributed by atoms with E-state index >= 15 is 0 Å². The van der Waals surface area contributed by atoms with E-state index in [2.05, 4.69) is 50.4 Å². The van der Waals surface area contributed by atoms with Gasteiger partial charge < -0.3 is 45.1 Å². The number of allylic oxidation sites excluding steroid dienone is 5. The van der Waals surface area contributed by atoms with Crippen LogP contribution >= 0.6 is 0 Å². The standard InChI is InChI=1S/C70H131NO10/c1-4-7-10-13-16-19-22-24-26-27-28-29-30-31-32-33-34-35-36-37-38-40-43-46-49-52-55-58-65(75)81-68-67(77)66(76)64(59-72)80-70(68)79-60-61(62(73)56-53-50-47-44-41-21-18-15-12-9-6-3)71-69(78)63(74)57-54-51-48-45-42-39-25-23-20-17-14-11-8-5-2/h16,19,24,26,53,56,61-64,66-68,70,72-74,76-77H,4-15,17-18,20-23,25,27-52,54-55,57-60H2,1-3H3,(H,71,78)/b19-16-,26-24-,56-53+. The Labute approximate surface area is 498 Å². The number of esters is 1. The van der Waals surface area contributed by atoms with Gasteiger partial charge in [0.05, 0.1) is 25.4 Å². The van der Waals surface area contributed by atoms with E-state index in [-0.39, 0.29) is 13.0 Å². The van der Waals surface area contributed by atoms with E-state index in [1.54, 1.807) is 6.08 Å². The Hall–Kier alpha value is -2.12. The van der Waals surface area contributed by atoms with E-state index in [0.717, 1.165) is 64.2 Å². The van der Waals surface area contributed by atoms with E-state index in [1.165, 1.54) is 225 Å². The maximum atomic E-state index is 13.4. The van der Waals surface area contributed by atoms with E-state index in [4.69, 9.17) is 14.2 Å². The molecule has 1 rings (SSSR count). The molecule has 476 valence electrons. The highest BCUT2D eigenvalue weighted by molar-refractivity contribution is 5.80. The van der Waals surface area contributed by atoms with Gasteiger partial charge in [0.15, 0.2) is 12.4 Å². The van der Waals surface area contributed by atoms with Crippen LogP contribution in [0.1, 0.15) is 335 Å². The summed E-state index contributed by atoms with van der Waals surface area (Å²) in [5.41, 5.74) is 0. The molecule has 0 spiro atoms. The van der Waals surface area contributed by atoms with Crippen LogP contribution in [0.25, 0.3) is 0 Å². The second-order valence-corrected chi connectivity index (χ2v) is 24.3. The number of hydrogen-bond acceptors (Lipinski definition) is 10. The molecule has 0 radical (unpaired) electrons. The van der Waals surface area contributed by atoms with Crippen LogP contribution in [0.15, 0.2) is 36.5 Å². The Balaban J connectivity index is 2.51. The largest absolute Gasteiger partial charge is 0.454 e. The maximum Gasteiger partial charge on any atom is 0.306 e. The zero-order chi connectivity index (χ0) is 58.9. The van der Waals surface area contributed by atoms with E-state index < -0.39 is 67.4 Å². The summed E-state index contributed by atoms with van der Waals surface area (Å²) in [6, 6.07) is -1.02. The third kappa shape index (κ3) is 45.9. The molecule has 8 atom stereocenters. The number of rotatable bonds is 60. The second-order valence-electron chi connectivity index (χ2n) is 24.3. The molecule has 1 heterocycles. The van der Waals surface area contributed by atoms with Crippen LogP contribution in [0.3, 0.4) is 0 Å². The zero-order valence-corrected chi connectivity index (χ0v) is 52.9. The predicted octanol–water partition coefficient (Wildman–Crippen LogP) is 17.4. The van der Waals surface area contributed by atoms with Crippen molar-refractivity contribution < 1.29 is 49.3 Å². The average Bonchev–Trinajstić information content (AvgIpc) is 3.49. The highest BCUT2D eigenvalue weighted by Gasteiger charge is 2.47. The molecule has 1 aliphatic rings. The van der Waals surface area contributed by atoms with Gasteiger partial charge in [0.2, 0.25) is 5.91 Å². The maximum absolute atomic E-state index is 13.4. The number of amides is 1. The monoisotopic (exact) mass is 1150 g/mol. The number of nitrogens with one attached hydrogen (secondary N) is 1. The van der Waals surface area contributed by atoms with Gasteiger partial charge in [-0.25, -0.2) is 0 Å². The van der Waals surface area contributed by atoms with Crippen molar-refractivity contribution in [3.05, 3.63) is 36.5 Å². The lowest BCUT2D eigenvalue weighted by Crippen LogP contribution is -2.61. The smallest absolute Gasteiger partial charge is 0.306 e. The SMILES string of the molecule is CCCCC/C=C\C/C=C\CCCCCCCCCCCCCCCCCCCC(=O)OC1C(OCC(NC(=O)C(O)CCCCCCCCCCCCCCCC)C(O)/C=C/CCCCCCCCCCC)OC(CO)C(O)C1O. The van der Waals surface area contributed by atoms with Crippen LogP contribution in [0, 0.1) is 0 Å². The van der Waals surface area contributed by atoms with Crippen LogP contribution in [0.2, 0.25) is 0 Å². The third-order valence-corrected chi connectivity index (χ3v) is 16.5. The van der Waals surface area contributed by atoms with Crippen molar-refractivity contribution in [3.8, 4) is 0 Å². The van der Waals surface area contributed by atoms with Gasteiger partial charge in [-0.05, 0) is 57.8 Å². The minimum atomic E-state index is -1.61. The highest BCUT2D eigenvalue weighted by atomic mass is 16.7. The van der Waals surface area contributed by atoms with Crippen molar-refractivity contribution in [2.24, 2.45) is 0 Å². The van der Waals surface area contributed by atoms with Crippen molar-refractivity contribution in [2.75, 3.05) is 13.2 Å². The Bertz CT molecular complexity index is 1460. The molecule has 1 saturated heterocycles. The first-order chi connectivity index (χ1) is 39.7. The Kier molecular flexibility index (Phi) is 55.3. The number of ether oxygens (including phenoxy) is 3. The molecule has 0 aromatic heterocycles. The Morgan fingerprint density at radius 3 is 1.28 bits per heavy atom. The molecular weight excluding hydrogens is 1010 g/mol. The fraction of sp³-hybridized carbons (Fsp3) is 0.886. The Morgan fingerprint density at radius 1 is 0.481 bits per heavy atom. The minimum Gasteiger partial charge on any atom is -0.454 e. The number of carbonyl (C=O) groups is 2. The van der Waals surface area contributed by atoms with E-state index in [1.807, 2.05) is 6.08 Å². The summed E-state index contributed by atoms with van der Waals surface area (Å²) in [6.07, 6.45) is 60.5. The van der Waals surface area contributed by atoms with Gasteiger partial charge in [-0.15, -0.1) is 0 Å². The molecule has 11 nitrogen and oxygen atoms in total. The Morgan fingerprint density at radius 2 is 0.852 bits per heavy atom. The molecule has 0 saturated carbocycles. The normalized spacial score (nSPS) is 18.8. The zero-order valence-electron chi connectivity index (χ0n) is 52.9. The number of unbranched alkanes of at least 4 members (excludes halogenated alkanes) is 42. The summed E-state index contributed by atoms with van der Waals surface area (Å²) in [6.45, 7) is 5.80. The van der Waals surface area contributed by atoms with Crippen LogP contribution < -0.4 is 5.32 Å². The lowest BCUT2D eigenvalue weighted by Gasteiger charge is -2.41. The lowest BCUT2D eigenvalue weighted by molar-refractivity contribution is -0.305. The lowest BCUT2D eigenvalue weighted by atomic mass is 9.99. The second kappa shape index (κ2) is 58.3. The average molecular weight is 1150 g/mol. The van der Waals surface area contributed by atoms with Crippen LogP contribution in [0.4, 0.5) is 0 Å². The summed E-state index contributed by atoms with van der Waals surface area (Å²) < 4.78 is 17.7. The topological polar surface area (TPSA) is 175 Å². The molecule has 0 aromatic rings. The van der Waals surface area contributed by atoms with E-state index in [0.29, 0.717) is 19.3 Å². The fourth-order valence-electron chi connectivity index (χ4n) is 11.0. The molecule has 11 heteroatoms. The molecule has 1 fully saturated rings. The van der Waals surface area contributed by atoms with Gasteiger partial charge >= 0.3 is 5.97 Å². The molecule has 8 unspecified atom stereocenters. The highest BCUT2D eigenvalue weighted by Crippen LogP contribution is 2.26. The number of aliphatic hydroxyl groups excluding tert-OH is 5. The van der Waals surface area contributed by atoms with Crippen LogP contribution in [0.5, 0.6) is 0 Å². The molecular formula is C70H131NO10. The van der Waals surface area contributed by atoms with Gasteiger partial charge in [0, 0.05) is 6.42 Å². The summed E-state index contributed by atoms with van der Waals surface area (Å²) in [4.78, 5) is 26.6. The van der Waals surface area contributed by atoms with Gasteiger partial charge in [0.25, 0.3) is 0 Å². The van der Waals surface area contributed by atoms with Crippen LogP contribution in [-0.4, -0.2) is 99.6 Å². The molecule has 1 amide bonds. The molecule has 0 bridgehead atoms. The summed E-state index contributed by atoms with van der Waals surface area (Å²) in [7, 11) is 0. The van der Waals surface area contributed by atoms with Crippen LogP contribution in [-0.2, 0) is 23.8 Å². The molecule has 0 aromatic carbocycles. The molecule has 0 aliphatic carbocycles. The first kappa shape index (κ1) is 76.9. The number of carbonyl (C=O) groups excluding carboxylic acids is 2. The van der Waals surface area contributed by atoms with Gasteiger partial charge in [-0.3, -0.25) is 9.59 Å². The quantitative estimate of drug-likeness (QED) is 0.0195. The molecule has 1 aliphatic heterocycles. The van der Waals surface area contributed by atoms with Gasteiger partial charge in [0.1, 0.15) is 24.4 Å². The number of hydrogen-bond donors (Lipinski definition) is 6. The van der Waals surface area contributed by atoms with Gasteiger partial charge in [-0.2, -0.15) is 0 Å². The third-order valence-electron chi connectivity index (χ3n) is 16.5. The minimum absolute atomic E-state index is 0.128. The van der Waals surface area contributed by atoms with E-state index in [9.17, 15) is 35.1 Å². The predicted molar refractivity (Wildman–Crippen MR) is 338 cm³/mol. The first-order valence-corrected chi connectivity index (χ1v) is 34.8. The molecule has 81 heavy (non-hydrogen) atoms. The van der Waals surface area contributed by atoms with Crippen molar-refractivity contribution in [3.63, 3.8) is 0 Å². The van der Waals surface area contributed by atoms with Crippen molar-refractivity contribution in [2.45, 2.75) is 384 Å². The number of aliphatic hydroxyl groups is 5. The summed E-state index contributed by atoms with van der Waals surface area (Å²) in [5.74, 6) is -1.18.